The molecule has 2 aliphatic rings. The van der Waals surface area contributed by atoms with Crippen LogP contribution < -0.4 is 4.74 Å². The van der Waals surface area contributed by atoms with Gasteiger partial charge in [-0.25, -0.2) is 4.68 Å². The molecule has 9 heteroatoms. The first kappa shape index (κ1) is 13.7. The maximum absolute atomic E-state index is 10.8. The lowest BCUT2D eigenvalue weighted by Gasteiger charge is -2.34. The maximum Gasteiger partial charge on any atom is 0.254 e. The minimum Gasteiger partial charge on any atom is -0.479 e. The minimum atomic E-state index is -1.26. The molecule has 3 atom stereocenters. The summed E-state index contributed by atoms with van der Waals surface area (Å²) in [6, 6.07) is 1.67. The molecule has 4 rings (SSSR count). The average Bonchev–Trinajstić information content (AvgIpc) is 3.24. The van der Waals surface area contributed by atoms with E-state index in [1.54, 1.807) is 16.9 Å². The van der Waals surface area contributed by atoms with Crippen LogP contribution in [0.15, 0.2) is 16.8 Å². The fourth-order valence-corrected chi connectivity index (χ4v) is 2.80. The molecule has 1 N–H and O–H groups in total. The quantitative estimate of drug-likeness (QED) is 0.844. The summed E-state index contributed by atoms with van der Waals surface area (Å²) in [4.78, 5) is 0. The van der Waals surface area contributed by atoms with E-state index in [-0.39, 0.29) is 6.10 Å². The van der Waals surface area contributed by atoms with E-state index in [4.69, 9.17) is 18.7 Å². The number of hydrogen-bond acceptors (Lipinski definition) is 8. The molecule has 22 heavy (non-hydrogen) atoms. The van der Waals surface area contributed by atoms with Crippen molar-refractivity contribution in [2.75, 3.05) is 13.7 Å². The maximum atomic E-state index is 10.8. The molecule has 2 aliphatic heterocycles. The van der Waals surface area contributed by atoms with Crippen LogP contribution in [0.3, 0.4) is 0 Å². The molecule has 118 valence electrons. The van der Waals surface area contributed by atoms with Crippen molar-refractivity contribution < 1.29 is 23.8 Å². The average molecular weight is 308 g/mol. The smallest absolute Gasteiger partial charge is 0.254 e. The Hall–Kier alpha value is -1.97. The highest BCUT2D eigenvalue weighted by atomic mass is 16.7. The van der Waals surface area contributed by atoms with Crippen LogP contribution in [0, 0.1) is 0 Å². The van der Waals surface area contributed by atoms with Crippen molar-refractivity contribution >= 4 is 0 Å². The van der Waals surface area contributed by atoms with Crippen molar-refractivity contribution in [1.82, 2.24) is 20.2 Å². The lowest BCUT2D eigenvalue weighted by molar-refractivity contribution is -0.219. The van der Waals surface area contributed by atoms with Crippen LogP contribution in [0.4, 0.5) is 0 Å². The third kappa shape index (κ3) is 2.18. The monoisotopic (exact) mass is 308 g/mol. The van der Waals surface area contributed by atoms with Gasteiger partial charge in [0, 0.05) is 6.07 Å². The molecular formula is C13H16N4O5. The summed E-state index contributed by atoms with van der Waals surface area (Å²) >= 11 is 0. The number of aliphatic hydroxyl groups is 1. The highest BCUT2D eigenvalue weighted by Gasteiger charge is 2.51. The molecule has 1 unspecified atom stereocenters. The summed E-state index contributed by atoms with van der Waals surface area (Å²) in [7, 11) is 1.52. The van der Waals surface area contributed by atoms with Crippen LogP contribution in [-0.4, -0.2) is 51.4 Å². The van der Waals surface area contributed by atoms with Gasteiger partial charge in [0.2, 0.25) is 0 Å². The van der Waals surface area contributed by atoms with E-state index in [1.807, 2.05) is 0 Å². The molecule has 0 saturated carbocycles. The van der Waals surface area contributed by atoms with Gasteiger partial charge in [0.05, 0.1) is 26.0 Å². The van der Waals surface area contributed by atoms with Crippen molar-refractivity contribution in [3.05, 3.63) is 23.7 Å². The zero-order valence-corrected chi connectivity index (χ0v) is 12.0. The van der Waals surface area contributed by atoms with Crippen LogP contribution in [0.5, 0.6) is 5.88 Å². The second-order valence-corrected chi connectivity index (χ2v) is 5.52. The van der Waals surface area contributed by atoms with Crippen LogP contribution in [-0.2, 0) is 21.6 Å². The Morgan fingerprint density at radius 3 is 3.27 bits per heavy atom. The Morgan fingerprint density at radius 2 is 2.45 bits per heavy atom. The van der Waals surface area contributed by atoms with E-state index >= 15 is 0 Å². The molecule has 2 fully saturated rings. The molecule has 2 saturated heterocycles. The van der Waals surface area contributed by atoms with Crippen molar-refractivity contribution in [1.29, 1.82) is 0 Å². The Morgan fingerprint density at radius 1 is 1.55 bits per heavy atom. The van der Waals surface area contributed by atoms with E-state index in [0.29, 0.717) is 36.9 Å². The van der Waals surface area contributed by atoms with Gasteiger partial charge in [0.15, 0.2) is 17.7 Å². The van der Waals surface area contributed by atoms with Gasteiger partial charge in [0.25, 0.3) is 5.88 Å². The van der Waals surface area contributed by atoms with Gasteiger partial charge < -0.3 is 23.8 Å². The lowest BCUT2D eigenvalue weighted by Crippen LogP contribution is -2.44. The zero-order valence-electron chi connectivity index (χ0n) is 12.0. The van der Waals surface area contributed by atoms with Crippen molar-refractivity contribution in [2.45, 2.75) is 37.4 Å². The van der Waals surface area contributed by atoms with Crippen LogP contribution >= 0.6 is 0 Å². The Balaban J connectivity index is 1.53. The molecule has 0 spiro atoms. The number of hydrogen-bond donors (Lipinski definition) is 1. The second-order valence-electron chi connectivity index (χ2n) is 5.52. The highest BCUT2D eigenvalue weighted by Crippen LogP contribution is 2.40. The summed E-state index contributed by atoms with van der Waals surface area (Å²) in [5.41, 5.74) is -0.825. The largest absolute Gasteiger partial charge is 0.479 e. The summed E-state index contributed by atoms with van der Waals surface area (Å²) in [5, 5.41) is 22.6. The Labute approximate surface area is 125 Å². The van der Waals surface area contributed by atoms with Crippen molar-refractivity contribution in [3.63, 3.8) is 0 Å². The van der Waals surface area contributed by atoms with Crippen molar-refractivity contribution in [3.8, 4) is 5.88 Å². The number of fused-ring (bicyclic) bond motifs is 2. The second kappa shape index (κ2) is 5.04. The normalized spacial score (nSPS) is 30.6. The van der Waals surface area contributed by atoms with Gasteiger partial charge in [-0.05, 0) is 18.0 Å². The van der Waals surface area contributed by atoms with Gasteiger partial charge in [-0.15, -0.1) is 5.10 Å². The lowest BCUT2D eigenvalue weighted by atomic mass is 9.90. The van der Waals surface area contributed by atoms with E-state index in [0.717, 1.165) is 6.42 Å². The third-order valence-electron chi connectivity index (χ3n) is 4.03. The molecule has 0 radical (unpaired) electrons. The first-order chi connectivity index (χ1) is 10.7. The number of nitrogens with zero attached hydrogens (tertiary/aromatic N) is 4. The number of aromatic nitrogens is 4. The van der Waals surface area contributed by atoms with Crippen LogP contribution in [0.1, 0.15) is 24.3 Å². The predicted octanol–water partition coefficient (Wildman–Crippen LogP) is 0.0459. The van der Waals surface area contributed by atoms with Crippen LogP contribution in [0.25, 0.3) is 0 Å². The molecule has 0 amide bonds. The van der Waals surface area contributed by atoms with Crippen LogP contribution in [0.2, 0.25) is 0 Å². The van der Waals surface area contributed by atoms with Gasteiger partial charge in [-0.1, -0.05) is 5.21 Å². The molecule has 0 aromatic carbocycles. The molecular weight excluding hydrogens is 292 g/mol. The molecule has 0 aliphatic carbocycles. The number of methoxy groups -OCH3 is 1. The number of ether oxygens (including phenoxy) is 3. The molecule has 4 heterocycles. The molecule has 2 aromatic rings. The topological polar surface area (TPSA) is 105 Å². The van der Waals surface area contributed by atoms with Gasteiger partial charge in [-0.2, -0.15) is 0 Å². The van der Waals surface area contributed by atoms with E-state index in [9.17, 15) is 5.11 Å². The Bertz CT molecular complexity index is 671. The van der Waals surface area contributed by atoms with Gasteiger partial charge in [-0.3, -0.25) is 0 Å². The highest BCUT2D eigenvalue weighted by molar-refractivity contribution is 5.14. The first-order valence-electron chi connectivity index (χ1n) is 7.07. The zero-order chi connectivity index (χ0) is 15.2. The standard InChI is InChI=1S/C13H16N4O5/c1-19-11-4-9(22-15-11)5-17-6-10(14-16-17)13(18)3-2-8-7-20-12(13)21-8/h4,6,8,12,18H,2-3,5,7H2,1H3/t8-,12+,13?/m0/s1. The fourth-order valence-electron chi connectivity index (χ4n) is 2.80. The fraction of sp³-hybridized carbons (Fsp3) is 0.615. The predicted molar refractivity (Wildman–Crippen MR) is 69.9 cm³/mol. The van der Waals surface area contributed by atoms with Gasteiger partial charge >= 0.3 is 0 Å². The minimum absolute atomic E-state index is 0.0713. The van der Waals surface area contributed by atoms with E-state index in [2.05, 4.69) is 15.5 Å². The summed E-state index contributed by atoms with van der Waals surface area (Å²) in [6.07, 6.45) is 2.33. The molecule has 2 bridgehead atoms. The molecule has 2 aromatic heterocycles. The third-order valence-corrected chi connectivity index (χ3v) is 4.03. The SMILES string of the molecule is COc1cc(Cn2cc(C3(O)CC[C@H]4CO[C@@H]3O4)nn2)on1. The van der Waals surface area contributed by atoms with E-state index < -0.39 is 11.9 Å². The first-order valence-corrected chi connectivity index (χ1v) is 7.07. The summed E-state index contributed by atoms with van der Waals surface area (Å²) in [5.74, 6) is 0.984. The summed E-state index contributed by atoms with van der Waals surface area (Å²) < 4.78 is 22.8. The van der Waals surface area contributed by atoms with E-state index in [1.165, 1.54) is 7.11 Å². The Kier molecular flexibility index (Phi) is 3.13. The van der Waals surface area contributed by atoms with Gasteiger partial charge in [0.1, 0.15) is 12.2 Å². The molecule has 9 nitrogen and oxygen atoms in total. The summed E-state index contributed by atoms with van der Waals surface area (Å²) in [6.45, 7) is 0.855. The number of rotatable bonds is 4. The van der Waals surface area contributed by atoms with Crippen molar-refractivity contribution in [2.24, 2.45) is 0 Å².